The first-order chi connectivity index (χ1) is 20.2. The van der Waals surface area contributed by atoms with Crippen LogP contribution in [-0.4, -0.2) is 36.4 Å². The zero-order valence-corrected chi connectivity index (χ0v) is 24.3. The lowest BCUT2D eigenvalue weighted by atomic mass is 9.95. The maximum Gasteiger partial charge on any atom is 0.407 e. The lowest BCUT2D eigenvalue weighted by Gasteiger charge is -2.22. The van der Waals surface area contributed by atoms with Crippen molar-refractivity contribution in [2.45, 2.75) is 32.4 Å². The summed E-state index contributed by atoms with van der Waals surface area (Å²) in [6.07, 6.45) is 1.30. The van der Waals surface area contributed by atoms with Crippen molar-refractivity contribution in [2.24, 2.45) is 0 Å². The molecule has 0 saturated carbocycles. The summed E-state index contributed by atoms with van der Waals surface area (Å²) in [5.41, 5.74) is 3.28. The Morgan fingerprint density at radius 2 is 1.60 bits per heavy atom. The number of Topliss-reactive ketones (excluding diaryl/α,β-unsaturated/α-hetero) is 2. The highest BCUT2D eigenvalue weighted by atomic mass is 35.5. The molecule has 0 radical (unpaired) electrons. The molecule has 216 valence electrons. The van der Waals surface area contributed by atoms with Crippen molar-refractivity contribution in [2.75, 3.05) is 14.2 Å². The summed E-state index contributed by atoms with van der Waals surface area (Å²) in [4.78, 5) is 51.4. The number of halogens is 1. The quantitative estimate of drug-likeness (QED) is 0.222. The average Bonchev–Trinajstić information content (AvgIpc) is 2.99. The van der Waals surface area contributed by atoms with Crippen LogP contribution in [0, 0.1) is 0 Å². The Morgan fingerprint density at radius 3 is 2.29 bits per heavy atom. The molecule has 4 rings (SSSR count). The molecule has 0 spiro atoms. The molecular weight excluding hydrogens is 556 g/mol. The van der Waals surface area contributed by atoms with Crippen molar-refractivity contribution in [1.82, 2.24) is 9.88 Å². The number of alkyl carbamates (subject to hydrolysis) is 1. The summed E-state index contributed by atoms with van der Waals surface area (Å²) >= 11 is 6.24. The number of rotatable bonds is 11. The van der Waals surface area contributed by atoms with Gasteiger partial charge in [0.05, 0.1) is 26.5 Å². The van der Waals surface area contributed by atoms with Crippen LogP contribution in [0.3, 0.4) is 0 Å². The molecule has 1 aromatic heterocycles. The minimum atomic E-state index is -0.841. The Morgan fingerprint density at radius 1 is 0.881 bits per heavy atom. The molecule has 0 aliphatic rings. The van der Waals surface area contributed by atoms with E-state index in [0.717, 1.165) is 16.7 Å². The molecule has 1 N–H and O–H groups in total. The SMILES string of the molecule is COC(=O)NCc1cccc(CC(=O)C(Cc2ccccc2)n2cc(OC)c(-c3cc(Cl)ccc3C(C)=O)cc2=O)c1. The number of hydrogen-bond acceptors (Lipinski definition) is 6. The van der Waals surface area contributed by atoms with Gasteiger partial charge in [0.2, 0.25) is 0 Å². The van der Waals surface area contributed by atoms with Crippen LogP contribution in [-0.2, 0) is 28.9 Å². The molecule has 0 aliphatic heterocycles. The molecule has 0 fully saturated rings. The van der Waals surface area contributed by atoms with Gasteiger partial charge in [-0.05, 0) is 47.4 Å². The van der Waals surface area contributed by atoms with E-state index in [4.69, 9.17) is 16.3 Å². The number of carbonyl (C=O) groups excluding carboxylic acids is 3. The van der Waals surface area contributed by atoms with E-state index >= 15 is 0 Å². The summed E-state index contributed by atoms with van der Waals surface area (Å²) < 4.78 is 11.7. The zero-order chi connectivity index (χ0) is 30.2. The summed E-state index contributed by atoms with van der Waals surface area (Å²) in [5, 5.41) is 3.03. The van der Waals surface area contributed by atoms with Crippen LogP contribution >= 0.6 is 11.6 Å². The highest BCUT2D eigenvalue weighted by molar-refractivity contribution is 6.31. The van der Waals surface area contributed by atoms with Crippen molar-refractivity contribution >= 4 is 29.3 Å². The van der Waals surface area contributed by atoms with Crippen LogP contribution in [0.25, 0.3) is 11.1 Å². The summed E-state index contributed by atoms with van der Waals surface area (Å²) in [7, 11) is 2.76. The van der Waals surface area contributed by atoms with Gasteiger partial charge in [0.25, 0.3) is 5.56 Å². The van der Waals surface area contributed by atoms with Gasteiger partial charge in [-0.1, -0.05) is 66.2 Å². The Hall–Kier alpha value is -4.69. The molecule has 8 nitrogen and oxygen atoms in total. The molecule has 3 aromatic carbocycles. The molecule has 9 heteroatoms. The number of amides is 1. The number of methoxy groups -OCH3 is 2. The first-order valence-electron chi connectivity index (χ1n) is 13.3. The van der Waals surface area contributed by atoms with E-state index in [1.807, 2.05) is 54.6 Å². The molecular formula is C33H31ClN2O6. The number of ether oxygens (including phenoxy) is 2. The molecule has 0 saturated heterocycles. The van der Waals surface area contributed by atoms with Gasteiger partial charge in [-0.3, -0.25) is 14.4 Å². The highest BCUT2D eigenvalue weighted by Crippen LogP contribution is 2.34. The Balaban J connectivity index is 1.74. The monoisotopic (exact) mass is 586 g/mol. The van der Waals surface area contributed by atoms with Crippen LogP contribution < -0.4 is 15.6 Å². The summed E-state index contributed by atoms with van der Waals surface area (Å²) in [6.45, 7) is 1.68. The third-order valence-electron chi connectivity index (χ3n) is 6.89. The number of nitrogens with zero attached hydrogens (tertiary/aromatic N) is 1. The maximum absolute atomic E-state index is 13.9. The number of carbonyl (C=O) groups is 3. The van der Waals surface area contributed by atoms with E-state index in [2.05, 4.69) is 10.1 Å². The molecule has 42 heavy (non-hydrogen) atoms. The van der Waals surface area contributed by atoms with Gasteiger partial charge in [0, 0.05) is 41.6 Å². The van der Waals surface area contributed by atoms with E-state index in [1.54, 1.807) is 18.2 Å². The van der Waals surface area contributed by atoms with Crippen LogP contribution in [0.2, 0.25) is 5.02 Å². The number of ketones is 2. The Bertz CT molecular complexity index is 1670. The first kappa shape index (κ1) is 30.3. The molecule has 1 unspecified atom stereocenters. The van der Waals surface area contributed by atoms with Gasteiger partial charge in [-0.2, -0.15) is 0 Å². The smallest absolute Gasteiger partial charge is 0.407 e. The van der Waals surface area contributed by atoms with Crippen molar-refractivity contribution in [3.8, 4) is 16.9 Å². The van der Waals surface area contributed by atoms with Gasteiger partial charge < -0.3 is 19.4 Å². The molecule has 1 atom stereocenters. The van der Waals surface area contributed by atoms with Gasteiger partial charge in [0.15, 0.2) is 11.6 Å². The second kappa shape index (κ2) is 13.8. The number of pyridine rings is 1. The number of aromatic nitrogens is 1. The molecule has 0 aliphatic carbocycles. The van der Waals surface area contributed by atoms with Crippen LogP contribution in [0.15, 0.2) is 89.9 Å². The van der Waals surface area contributed by atoms with E-state index in [9.17, 15) is 19.2 Å². The second-order valence-electron chi connectivity index (χ2n) is 9.76. The predicted octanol–water partition coefficient (Wildman–Crippen LogP) is 5.83. The fourth-order valence-electron chi connectivity index (χ4n) is 4.81. The molecule has 1 amide bonds. The Kier molecular flexibility index (Phi) is 9.93. The van der Waals surface area contributed by atoms with E-state index < -0.39 is 17.7 Å². The van der Waals surface area contributed by atoms with E-state index in [0.29, 0.717) is 27.5 Å². The average molecular weight is 587 g/mol. The van der Waals surface area contributed by atoms with Gasteiger partial charge in [0.1, 0.15) is 5.75 Å². The largest absolute Gasteiger partial charge is 0.495 e. The minimum absolute atomic E-state index is 0.0584. The van der Waals surface area contributed by atoms with E-state index in [-0.39, 0.29) is 31.0 Å². The number of nitrogens with one attached hydrogen (secondary N) is 1. The van der Waals surface area contributed by atoms with Crippen molar-refractivity contribution in [3.05, 3.63) is 123 Å². The normalized spacial score (nSPS) is 11.4. The molecule has 1 heterocycles. The van der Waals surface area contributed by atoms with Crippen molar-refractivity contribution in [1.29, 1.82) is 0 Å². The number of hydrogen-bond donors (Lipinski definition) is 1. The summed E-state index contributed by atoms with van der Waals surface area (Å²) in [6, 6.07) is 22.1. The minimum Gasteiger partial charge on any atom is -0.495 e. The number of benzene rings is 3. The Labute approximate surface area is 248 Å². The van der Waals surface area contributed by atoms with Crippen molar-refractivity contribution < 1.29 is 23.9 Å². The van der Waals surface area contributed by atoms with Gasteiger partial charge in [-0.15, -0.1) is 0 Å². The standard InChI is InChI=1S/C33H31ClN2O6/c1-21(37)26-13-12-25(34)17-27(26)28-18-32(39)36(20-31(28)41-2)29(15-22-8-5-4-6-9-22)30(38)16-23-10-7-11-24(14-23)19-35-33(40)42-3/h4-14,17-18,20,29H,15-16,19H2,1-3H3,(H,35,40). The second-order valence-corrected chi connectivity index (χ2v) is 10.2. The third-order valence-corrected chi connectivity index (χ3v) is 7.12. The lowest BCUT2D eigenvalue weighted by Crippen LogP contribution is -2.32. The maximum atomic E-state index is 13.9. The fraction of sp³-hybridized carbons (Fsp3) is 0.212. The molecule has 0 bridgehead atoms. The highest BCUT2D eigenvalue weighted by Gasteiger charge is 2.25. The predicted molar refractivity (Wildman–Crippen MR) is 161 cm³/mol. The topological polar surface area (TPSA) is 104 Å². The summed E-state index contributed by atoms with van der Waals surface area (Å²) in [5.74, 6) is -0.0452. The van der Waals surface area contributed by atoms with Gasteiger partial charge in [-0.25, -0.2) is 4.79 Å². The van der Waals surface area contributed by atoms with Crippen LogP contribution in [0.5, 0.6) is 5.75 Å². The van der Waals surface area contributed by atoms with E-state index in [1.165, 1.54) is 38.0 Å². The van der Waals surface area contributed by atoms with Crippen LogP contribution in [0.4, 0.5) is 4.79 Å². The van der Waals surface area contributed by atoms with Gasteiger partial charge >= 0.3 is 6.09 Å². The fourth-order valence-corrected chi connectivity index (χ4v) is 4.98. The third kappa shape index (κ3) is 7.33. The first-order valence-corrected chi connectivity index (χ1v) is 13.6. The zero-order valence-electron chi connectivity index (χ0n) is 23.6. The van der Waals surface area contributed by atoms with Crippen molar-refractivity contribution in [3.63, 3.8) is 0 Å². The molecule has 4 aromatic rings. The lowest BCUT2D eigenvalue weighted by molar-refractivity contribution is -0.121. The van der Waals surface area contributed by atoms with Crippen LogP contribution in [0.1, 0.15) is 40.0 Å².